The van der Waals surface area contributed by atoms with Gasteiger partial charge in [-0.05, 0) is 42.0 Å². The van der Waals surface area contributed by atoms with Gasteiger partial charge in [-0.25, -0.2) is 8.42 Å². The number of fused-ring (bicyclic) bond motifs is 1. The zero-order valence-electron chi connectivity index (χ0n) is 16.2. The summed E-state index contributed by atoms with van der Waals surface area (Å²) in [6, 6.07) is 8.96. The van der Waals surface area contributed by atoms with Crippen LogP contribution in [0, 0.1) is 0 Å². The number of thiophene rings is 1. The van der Waals surface area contributed by atoms with E-state index in [2.05, 4.69) is 0 Å². The van der Waals surface area contributed by atoms with Gasteiger partial charge in [-0.1, -0.05) is 12.1 Å². The molecule has 1 atom stereocenters. The quantitative estimate of drug-likeness (QED) is 0.720. The normalized spacial score (nSPS) is 19.4. The molecule has 156 valence electrons. The number of hydrogen-bond acceptors (Lipinski definition) is 6. The number of benzene rings is 1. The van der Waals surface area contributed by atoms with Crippen LogP contribution in [-0.4, -0.2) is 56.9 Å². The van der Waals surface area contributed by atoms with Gasteiger partial charge < -0.3 is 14.4 Å². The molecule has 1 amide bonds. The van der Waals surface area contributed by atoms with Crippen molar-refractivity contribution in [2.24, 2.45) is 0 Å². The maximum Gasteiger partial charge on any atom is 0.252 e. The number of rotatable bonds is 5. The lowest BCUT2D eigenvalue weighted by atomic mass is 10.0. The van der Waals surface area contributed by atoms with Gasteiger partial charge in [0.15, 0.2) is 11.5 Å². The standard InChI is InChI=1S/C20H24N2O5S2/c1-21(29(24,25)20-6-3-12-28-20)14-19(23)22-9-2-5-16(22)15-7-8-17-18(13-15)27-11-4-10-26-17/h3,6-8,12-13,16H,2,4-5,9-11,14H2,1H3/t16-/m1/s1. The molecule has 29 heavy (non-hydrogen) atoms. The Bertz CT molecular complexity index is 975. The predicted octanol–water partition coefficient (Wildman–Crippen LogP) is 2.89. The molecule has 2 aliphatic rings. The highest BCUT2D eigenvalue weighted by molar-refractivity contribution is 7.91. The summed E-state index contributed by atoms with van der Waals surface area (Å²) >= 11 is 1.15. The number of likely N-dealkylation sites (tertiary alicyclic amines) is 1. The SMILES string of the molecule is CN(CC(=O)N1CCC[C@@H]1c1ccc2c(c1)OCCCO2)S(=O)(=O)c1cccs1. The van der Waals surface area contributed by atoms with Gasteiger partial charge in [-0.3, -0.25) is 4.79 Å². The van der Waals surface area contributed by atoms with Gasteiger partial charge in [-0.2, -0.15) is 4.31 Å². The smallest absolute Gasteiger partial charge is 0.252 e. The van der Waals surface area contributed by atoms with Crippen molar-refractivity contribution in [1.29, 1.82) is 0 Å². The van der Waals surface area contributed by atoms with Gasteiger partial charge in [0.05, 0.1) is 25.8 Å². The van der Waals surface area contributed by atoms with E-state index in [9.17, 15) is 13.2 Å². The fraction of sp³-hybridized carbons (Fsp3) is 0.450. The van der Waals surface area contributed by atoms with E-state index >= 15 is 0 Å². The van der Waals surface area contributed by atoms with Crippen molar-refractivity contribution < 1.29 is 22.7 Å². The van der Waals surface area contributed by atoms with Gasteiger partial charge in [0.1, 0.15) is 4.21 Å². The summed E-state index contributed by atoms with van der Waals surface area (Å²) in [5.74, 6) is 1.24. The third-order valence-corrected chi connectivity index (χ3v) is 8.42. The van der Waals surface area contributed by atoms with Crippen LogP contribution in [0.25, 0.3) is 0 Å². The van der Waals surface area contributed by atoms with Crippen molar-refractivity contribution in [2.45, 2.75) is 29.5 Å². The molecule has 1 aromatic carbocycles. The monoisotopic (exact) mass is 436 g/mol. The van der Waals surface area contributed by atoms with Crippen LogP contribution in [0.1, 0.15) is 30.9 Å². The first-order valence-corrected chi connectivity index (χ1v) is 12.0. The number of hydrogen-bond donors (Lipinski definition) is 0. The van der Waals surface area contributed by atoms with E-state index < -0.39 is 10.0 Å². The minimum atomic E-state index is -3.65. The van der Waals surface area contributed by atoms with Gasteiger partial charge in [0.25, 0.3) is 10.0 Å². The average molecular weight is 437 g/mol. The molecule has 2 aromatic rings. The van der Waals surface area contributed by atoms with Crippen molar-refractivity contribution in [3.63, 3.8) is 0 Å². The first kappa shape index (κ1) is 20.2. The summed E-state index contributed by atoms with van der Waals surface area (Å²) in [4.78, 5) is 14.7. The molecule has 0 N–H and O–H groups in total. The van der Waals surface area contributed by atoms with Crippen LogP contribution in [0.15, 0.2) is 39.9 Å². The second kappa shape index (κ2) is 8.33. The lowest BCUT2D eigenvalue weighted by Gasteiger charge is -2.27. The third-order valence-electron chi connectivity index (χ3n) is 5.25. The molecular weight excluding hydrogens is 412 g/mol. The molecule has 1 fully saturated rings. The number of sulfonamides is 1. The molecule has 2 aliphatic heterocycles. The summed E-state index contributed by atoms with van der Waals surface area (Å²) in [5, 5.41) is 1.71. The van der Waals surface area contributed by atoms with Crippen molar-refractivity contribution in [3.05, 3.63) is 41.3 Å². The molecule has 1 saturated heterocycles. The fourth-order valence-electron chi connectivity index (χ4n) is 3.73. The molecule has 0 radical (unpaired) electrons. The average Bonchev–Trinajstić information content (AvgIpc) is 3.36. The molecule has 4 rings (SSSR count). The van der Waals surface area contributed by atoms with Crippen LogP contribution in [0.3, 0.4) is 0 Å². The van der Waals surface area contributed by atoms with Crippen molar-refractivity contribution in [3.8, 4) is 11.5 Å². The Labute approximate surface area is 174 Å². The molecule has 1 aromatic heterocycles. The van der Waals surface area contributed by atoms with E-state index in [4.69, 9.17) is 9.47 Å². The Hall–Kier alpha value is -2.10. The van der Waals surface area contributed by atoms with Crippen LogP contribution in [0.4, 0.5) is 0 Å². The minimum Gasteiger partial charge on any atom is -0.490 e. The maximum atomic E-state index is 13.0. The summed E-state index contributed by atoms with van der Waals surface area (Å²) in [6.45, 7) is 1.67. The Morgan fingerprint density at radius 1 is 1.21 bits per heavy atom. The number of carbonyl (C=O) groups is 1. The van der Waals surface area contributed by atoms with E-state index in [0.29, 0.717) is 25.5 Å². The predicted molar refractivity (Wildman–Crippen MR) is 110 cm³/mol. The van der Waals surface area contributed by atoms with Crippen LogP contribution >= 0.6 is 11.3 Å². The Morgan fingerprint density at radius 3 is 2.76 bits per heavy atom. The fourth-order valence-corrected chi connectivity index (χ4v) is 6.05. The second-order valence-electron chi connectivity index (χ2n) is 7.19. The molecule has 7 nitrogen and oxygen atoms in total. The molecule has 0 unspecified atom stereocenters. The van der Waals surface area contributed by atoms with Crippen molar-refractivity contribution in [2.75, 3.05) is 33.4 Å². The molecular formula is C20H24N2O5S2. The molecule has 0 spiro atoms. The summed E-state index contributed by atoms with van der Waals surface area (Å²) < 4.78 is 38.1. The molecule has 0 saturated carbocycles. The Balaban J connectivity index is 1.50. The summed E-state index contributed by atoms with van der Waals surface area (Å²) in [5.41, 5.74) is 0.990. The second-order valence-corrected chi connectivity index (χ2v) is 10.4. The highest BCUT2D eigenvalue weighted by Gasteiger charge is 2.33. The Morgan fingerprint density at radius 2 is 2.00 bits per heavy atom. The first-order valence-electron chi connectivity index (χ1n) is 9.65. The Kier molecular flexibility index (Phi) is 5.80. The van der Waals surface area contributed by atoms with Gasteiger partial charge in [0, 0.05) is 20.0 Å². The molecule has 0 aliphatic carbocycles. The van der Waals surface area contributed by atoms with Crippen LogP contribution < -0.4 is 9.47 Å². The van der Waals surface area contributed by atoms with Crippen molar-refractivity contribution >= 4 is 27.3 Å². The number of nitrogens with zero attached hydrogens (tertiary/aromatic N) is 2. The number of likely N-dealkylation sites (N-methyl/N-ethyl adjacent to an activating group) is 1. The van der Waals surface area contributed by atoms with E-state index in [1.165, 1.54) is 7.05 Å². The zero-order chi connectivity index (χ0) is 20.4. The molecule has 9 heteroatoms. The minimum absolute atomic E-state index is 0.0857. The van der Waals surface area contributed by atoms with Crippen LogP contribution in [0.5, 0.6) is 11.5 Å². The number of carbonyl (C=O) groups excluding carboxylic acids is 1. The van der Waals surface area contributed by atoms with Crippen LogP contribution in [0.2, 0.25) is 0 Å². The summed E-state index contributed by atoms with van der Waals surface area (Å²) in [6.07, 6.45) is 2.56. The highest BCUT2D eigenvalue weighted by Crippen LogP contribution is 2.38. The third kappa shape index (κ3) is 4.12. The lowest BCUT2D eigenvalue weighted by Crippen LogP contribution is -2.40. The lowest BCUT2D eigenvalue weighted by molar-refractivity contribution is -0.132. The van der Waals surface area contributed by atoms with E-state index in [0.717, 1.165) is 46.2 Å². The van der Waals surface area contributed by atoms with Gasteiger partial charge in [0.2, 0.25) is 5.91 Å². The maximum absolute atomic E-state index is 13.0. The van der Waals surface area contributed by atoms with E-state index in [-0.39, 0.29) is 22.7 Å². The van der Waals surface area contributed by atoms with E-state index in [1.807, 2.05) is 18.2 Å². The number of ether oxygens (including phenoxy) is 2. The first-order chi connectivity index (χ1) is 14.0. The van der Waals surface area contributed by atoms with Crippen LogP contribution in [-0.2, 0) is 14.8 Å². The molecule has 3 heterocycles. The highest BCUT2D eigenvalue weighted by atomic mass is 32.2. The summed E-state index contributed by atoms with van der Waals surface area (Å²) in [7, 11) is -2.20. The van der Waals surface area contributed by atoms with Gasteiger partial charge >= 0.3 is 0 Å². The van der Waals surface area contributed by atoms with Crippen molar-refractivity contribution in [1.82, 2.24) is 9.21 Å². The zero-order valence-corrected chi connectivity index (χ0v) is 17.9. The molecule has 0 bridgehead atoms. The number of amides is 1. The topological polar surface area (TPSA) is 76.2 Å². The largest absolute Gasteiger partial charge is 0.490 e. The van der Waals surface area contributed by atoms with Gasteiger partial charge in [-0.15, -0.1) is 11.3 Å². The van der Waals surface area contributed by atoms with E-state index in [1.54, 1.807) is 22.4 Å².